The number of hydrogen-bond acceptors (Lipinski definition) is 4. The van der Waals surface area contributed by atoms with Gasteiger partial charge in [0, 0.05) is 24.5 Å². The van der Waals surface area contributed by atoms with Crippen LogP contribution in [0.5, 0.6) is 0 Å². The van der Waals surface area contributed by atoms with E-state index in [9.17, 15) is 9.59 Å². The fourth-order valence-corrected chi connectivity index (χ4v) is 3.80. The Morgan fingerprint density at radius 2 is 1.79 bits per heavy atom. The standard InChI is InChI=1S/C22H24N4O2.ClH/c1-23-17-10-7-13-25(15-17)22(28)20-18-11-5-6-12-19(18)21(27)26(24-20)14-16-8-3-2-4-9-16;/h2-6,8-9,11-12,17,23H,7,10,13-15H2,1H3;1H. The molecule has 4 rings (SSSR count). The summed E-state index contributed by atoms with van der Waals surface area (Å²) in [6.45, 7) is 1.71. The minimum atomic E-state index is -0.178. The molecule has 1 aliphatic heterocycles. The van der Waals surface area contributed by atoms with Crippen molar-refractivity contribution in [2.45, 2.75) is 25.4 Å². The molecule has 29 heavy (non-hydrogen) atoms. The average molecular weight is 413 g/mol. The Hall–Kier alpha value is -2.70. The minimum Gasteiger partial charge on any atom is -0.336 e. The fourth-order valence-electron chi connectivity index (χ4n) is 3.80. The van der Waals surface area contributed by atoms with Crippen molar-refractivity contribution in [1.82, 2.24) is 20.0 Å². The molecule has 1 N–H and O–H groups in total. The number of nitrogens with zero attached hydrogens (tertiary/aromatic N) is 3. The highest BCUT2D eigenvalue weighted by molar-refractivity contribution is 6.04. The smallest absolute Gasteiger partial charge is 0.275 e. The number of halogens is 1. The van der Waals surface area contributed by atoms with Crippen molar-refractivity contribution in [2.75, 3.05) is 20.1 Å². The Morgan fingerprint density at radius 1 is 1.10 bits per heavy atom. The summed E-state index contributed by atoms with van der Waals surface area (Å²) < 4.78 is 1.41. The van der Waals surface area contributed by atoms with Crippen molar-refractivity contribution in [3.8, 4) is 0 Å². The van der Waals surface area contributed by atoms with Crippen LogP contribution in [0.2, 0.25) is 0 Å². The Labute approximate surface area is 175 Å². The van der Waals surface area contributed by atoms with E-state index in [-0.39, 0.29) is 23.9 Å². The minimum absolute atomic E-state index is 0. The summed E-state index contributed by atoms with van der Waals surface area (Å²) in [4.78, 5) is 28.1. The van der Waals surface area contributed by atoms with Gasteiger partial charge in [0.15, 0.2) is 5.69 Å². The van der Waals surface area contributed by atoms with Crippen LogP contribution in [0, 0.1) is 0 Å². The highest BCUT2D eigenvalue weighted by Crippen LogP contribution is 2.18. The number of piperidine rings is 1. The molecule has 1 unspecified atom stereocenters. The summed E-state index contributed by atoms with van der Waals surface area (Å²) in [5, 5.41) is 8.92. The Bertz CT molecular complexity index is 1050. The first-order valence-electron chi connectivity index (χ1n) is 9.67. The predicted molar refractivity (Wildman–Crippen MR) is 117 cm³/mol. The fraction of sp³-hybridized carbons (Fsp3) is 0.318. The number of amides is 1. The second-order valence-electron chi connectivity index (χ2n) is 7.22. The summed E-state index contributed by atoms with van der Waals surface area (Å²) in [6.07, 6.45) is 2.01. The molecule has 0 spiro atoms. The lowest BCUT2D eigenvalue weighted by molar-refractivity contribution is 0.0692. The highest BCUT2D eigenvalue weighted by Gasteiger charge is 2.26. The Balaban J connectivity index is 0.00000240. The molecule has 0 bridgehead atoms. The number of hydrogen-bond donors (Lipinski definition) is 1. The van der Waals surface area contributed by atoms with Crippen LogP contribution in [-0.2, 0) is 6.54 Å². The summed E-state index contributed by atoms with van der Waals surface area (Å²) in [5.41, 5.74) is 1.14. The lowest BCUT2D eigenvalue weighted by Crippen LogP contribution is -2.47. The van der Waals surface area contributed by atoms with E-state index in [4.69, 9.17) is 0 Å². The van der Waals surface area contributed by atoms with Gasteiger partial charge in [-0.2, -0.15) is 5.10 Å². The van der Waals surface area contributed by atoms with Gasteiger partial charge in [0.1, 0.15) is 0 Å². The third kappa shape index (κ3) is 4.33. The summed E-state index contributed by atoms with van der Waals surface area (Å²) in [6, 6.07) is 17.2. The number of nitrogens with one attached hydrogen (secondary N) is 1. The second kappa shape index (κ2) is 9.20. The van der Waals surface area contributed by atoms with Crippen LogP contribution in [0.3, 0.4) is 0 Å². The van der Waals surface area contributed by atoms with E-state index in [2.05, 4.69) is 10.4 Å². The first kappa shape index (κ1) is 21.0. The third-order valence-electron chi connectivity index (χ3n) is 5.36. The van der Waals surface area contributed by atoms with E-state index in [1.165, 1.54) is 4.68 Å². The van der Waals surface area contributed by atoms with Crippen LogP contribution in [0.1, 0.15) is 28.9 Å². The van der Waals surface area contributed by atoms with Crippen molar-refractivity contribution < 1.29 is 4.79 Å². The summed E-state index contributed by atoms with van der Waals surface area (Å²) in [7, 11) is 1.92. The van der Waals surface area contributed by atoms with E-state index in [1.807, 2.05) is 60.5 Å². The molecule has 6 nitrogen and oxygen atoms in total. The van der Waals surface area contributed by atoms with Gasteiger partial charge in [-0.25, -0.2) is 4.68 Å². The van der Waals surface area contributed by atoms with Crippen LogP contribution in [0.4, 0.5) is 0 Å². The van der Waals surface area contributed by atoms with E-state index < -0.39 is 0 Å². The third-order valence-corrected chi connectivity index (χ3v) is 5.36. The summed E-state index contributed by atoms with van der Waals surface area (Å²) in [5.74, 6) is -0.113. The maximum Gasteiger partial charge on any atom is 0.275 e. The molecule has 1 aliphatic rings. The maximum atomic E-state index is 13.3. The molecule has 3 aromatic rings. The predicted octanol–water partition coefficient (Wildman–Crippen LogP) is 2.69. The van der Waals surface area contributed by atoms with Gasteiger partial charge in [-0.05, 0) is 31.5 Å². The zero-order valence-electron chi connectivity index (χ0n) is 16.4. The van der Waals surface area contributed by atoms with Gasteiger partial charge in [0.05, 0.1) is 11.9 Å². The normalized spacial score (nSPS) is 16.4. The number of benzene rings is 2. The van der Waals surface area contributed by atoms with E-state index in [0.29, 0.717) is 42.1 Å². The quantitative estimate of drug-likeness (QED) is 0.715. The van der Waals surface area contributed by atoms with Crippen LogP contribution in [0.25, 0.3) is 10.8 Å². The molecule has 0 aliphatic carbocycles. The van der Waals surface area contributed by atoms with Crippen LogP contribution >= 0.6 is 12.4 Å². The molecule has 1 amide bonds. The van der Waals surface area contributed by atoms with Crippen LogP contribution in [-0.4, -0.2) is 46.8 Å². The summed E-state index contributed by atoms with van der Waals surface area (Å²) >= 11 is 0. The van der Waals surface area contributed by atoms with E-state index >= 15 is 0 Å². The van der Waals surface area contributed by atoms with Gasteiger partial charge in [0.2, 0.25) is 0 Å². The zero-order valence-corrected chi connectivity index (χ0v) is 17.2. The van der Waals surface area contributed by atoms with Crippen LogP contribution in [0.15, 0.2) is 59.4 Å². The first-order valence-corrected chi connectivity index (χ1v) is 9.67. The number of likely N-dealkylation sites (N-methyl/N-ethyl adjacent to an activating group) is 1. The number of carbonyl (C=O) groups is 1. The molecular formula is C22H25ClN4O2. The van der Waals surface area contributed by atoms with Crippen molar-refractivity contribution in [1.29, 1.82) is 0 Å². The van der Waals surface area contributed by atoms with Crippen molar-refractivity contribution in [3.05, 3.63) is 76.2 Å². The monoisotopic (exact) mass is 412 g/mol. The van der Waals surface area contributed by atoms with Gasteiger partial charge in [-0.15, -0.1) is 12.4 Å². The van der Waals surface area contributed by atoms with Crippen LogP contribution < -0.4 is 10.9 Å². The van der Waals surface area contributed by atoms with Gasteiger partial charge in [-0.3, -0.25) is 9.59 Å². The number of fused-ring (bicyclic) bond motifs is 1. The molecule has 1 aromatic heterocycles. The largest absolute Gasteiger partial charge is 0.336 e. The molecule has 7 heteroatoms. The highest BCUT2D eigenvalue weighted by atomic mass is 35.5. The number of likely N-dealkylation sites (tertiary alicyclic amines) is 1. The number of aromatic nitrogens is 2. The maximum absolute atomic E-state index is 13.3. The Morgan fingerprint density at radius 3 is 2.52 bits per heavy atom. The molecule has 1 fully saturated rings. The molecule has 1 saturated heterocycles. The van der Waals surface area contributed by atoms with Crippen molar-refractivity contribution >= 4 is 29.1 Å². The molecule has 1 atom stereocenters. The van der Waals surface area contributed by atoms with Crippen molar-refractivity contribution in [2.24, 2.45) is 0 Å². The van der Waals surface area contributed by atoms with Gasteiger partial charge < -0.3 is 10.2 Å². The molecule has 2 heterocycles. The Kier molecular flexibility index (Phi) is 6.67. The van der Waals surface area contributed by atoms with Gasteiger partial charge >= 0.3 is 0 Å². The SMILES string of the molecule is CNC1CCCN(C(=O)c2nn(Cc3ccccc3)c(=O)c3ccccc23)C1.Cl. The molecule has 2 aromatic carbocycles. The molecule has 0 saturated carbocycles. The lowest BCUT2D eigenvalue weighted by atomic mass is 10.0. The lowest BCUT2D eigenvalue weighted by Gasteiger charge is -2.32. The average Bonchev–Trinajstić information content (AvgIpc) is 2.76. The zero-order chi connectivity index (χ0) is 19.5. The molecule has 0 radical (unpaired) electrons. The van der Waals surface area contributed by atoms with Gasteiger partial charge in [0.25, 0.3) is 11.5 Å². The topological polar surface area (TPSA) is 67.2 Å². The van der Waals surface area contributed by atoms with Gasteiger partial charge in [-0.1, -0.05) is 48.5 Å². The first-order chi connectivity index (χ1) is 13.7. The molecular weight excluding hydrogens is 388 g/mol. The number of carbonyl (C=O) groups excluding carboxylic acids is 1. The van der Waals surface area contributed by atoms with Crippen molar-refractivity contribution in [3.63, 3.8) is 0 Å². The molecule has 152 valence electrons. The second-order valence-corrected chi connectivity index (χ2v) is 7.22. The van der Waals surface area contributed by atoms with E-state index in [1.54, 1.807) is 6.07 Å². The number of rotatable bonds is 4. The van der Waals surface area contributed by atoms with E-state index in [0.717, 1.165) is 18.4 Å².